The lowest BCUT2D eigenvalue weighted by Crippen LogP contribution is -1.81. The molecule has 0 aliphatic carbocycles. The highest BCUT2D eigenvalue weighted by Crippen LogP contribution is 2.23. The Balaban J connectivity index is 3.02. The molecule has 0 saturated carbocycles. The topological polar surface area (TPSA) is 0 Å². The molecule has 0 aliphatic rings. The molecule has 0 bridgehead atoms. The molecule has 0 amide bonds. The second-order valence-electron chi connectivity index (χ2n) is 2.52. The summed E-state index contributed by atoms with van der Waals surface area (Å²) < 4.78 is 1.15. The van der Waals surface area contributed by atoms with Crippen LogP contribution in [0.25, 0.3) is 5.57 Å². The van der Waals surface area contributed by atoms with Crippen LogP contribution in [-0.4, -0.2) is 5.33 Å². The largest absolute Gasteiger partial charge is 0.0883 e. The van der Waals surface area contributed by atoms with E-state index in [9.17, 15) is 0 Å². The lowest BCUT2D eigenvalue weighted by Gasteiger charge is -2.02. The summed E-state index contributed by atoms with van der Waals surface area (Å²) in [7, 11) is 0. The van der Waals surface area contributed by atoms with Crippen LogP contribution in [0.5, 0.6) is 0 Å². The minimum absolute atomic E-state index is 0.903. The summed E-state index contributed by atoms with van der Waals surface area (Å²) >= 11 is 6.89. The molecule has 1 rings (SSSR count). The van der Waals surface area contributed by atoms with E-state index in [0.29, 0.717) is 0 Å². The van der Waals surface area contributed by atoms with Crippen molar-refractivity contribution in [2.45, 2.75) is 6.92 Å². The van der Waals surface area contributed by atoms with Crippen molar-refractivity contribution in [3.63, 3.8) is 0 Å². The highest BCUT2D eigenvalue weighted by molar-refractivity contribution is 9.10. The molecule has 0 nitrogen and oxygen atoms in total. The lowest BCUT2D eigenvalue weighted by atomic mass is 10.1. The molecular weight excluding hydrogens is 280 g/mol. The van der Waals surface area contributed by atoms with Crippen LogP contribution < -0.4 is 0 Å². The molecule has 12 heavy (non-hydrogen) atoms. The first-order valence-electron chi connectivity index (χ1n) is 3.73. The summed E-state index contributed by atoms with van der Waals surface area (Å²) in [5, 5.41) is 0.903. The molecule has 2 heteroatoms. The summed E-state index contributed by atoms with van der Waals surface area (Å²) in [5.41, 5.74) is 2.55. The third-order valence-electron chi connectivity index (χ3n) is 1.68. The number of rotatable bonds is 2. The molecule has 0 atom stereocenters. The van der Waals surface area contributed by atoms with Gasteiger partial charge in [-0.25, -0.2) is 0 Å². The number of hydrogen-bond acceptors (Lipinski definition) is 0. The van der Waals surface area contributed by atoms with E-state index < -0.39 is 0 Å². The predicted molar refractivity (Wildman–Crippen MR) is 61.6 cm³/mol. The SMILES string of the molecule is C/C(=C\CBr)c1ccccc1Br. The highest BCUT2D eigenvalue weighted by atomic mass is 79.9. The Morgan fingerprint density at radius 1 is 1.42 bits per heavy atom. The molecule has 64 valence electrons. The Hall–Kier alpha value is -0.0800. The first-order chi connectivity index (χ1) is 5.75. The van der Waals surface area contributed by atoms with Gasteiger partial charge < -0.3 is 0 Å². The van der Waals surface area contributed by atoms with Gasteiger partial charge in [-0.3, -0.25) is 0 Å². The summed E-state index contributed by atoms with van der Waals surface area (Å²) in [5.74, 6) is 0. The smallest absolute Gasteiger partial charge is 0.0250 e. The van der Waals surface area contributed by atoms with Gasteiger partial charge in [-0.15, -0.1) is 0 Å². The number of hydrogen-bond donors (Lipinski definition) is 0. The molecule has 1 aromatic carbocycles. The minimum atomic E-state index is 0.903. The fourth-order valence-corrected chi connectivity index (χ4v) is 2.09. The molecule has 0 aromatic heterocycles. The molecule has 0 spiro atoms. The van der Waals surface area contributed by atoms with Gasteiger partial charge in [0.2, 0.25) is 0 Å². The van der Waals surface area contributed by atoms with E-state index in [0.717, 1.165) is 9.80 Å². The second-order valence-corrected chi connectivity index (χ2v) is 4.02. The molecule has 0 heterocycles. The fraction of sp³-hybridized carbons (Fsp3) is 0.200. The summed E-state index contributed by atoms with van der Waals surface area (Å²) in [4.78, 5) is 0. The maximum atomic E-state index is 3.51. The lowest BCUT2D eigenvalue weighted by molar-refractivity contribution is 1.51. The summed E-state index contributed by atoms with van der Waals surface area (Å²) in [6, 6.07) is 8.24. The Kier molecular flexibility index (Phi) is 4.02. The Morgan fingerprint density at radius 3 is 2.67 bits per heavy atom. The third-order valence-corrected chi connectivity index (χ3v) is 2.70. The molecule has 0 unspecified atom stereocenters. The van der Waals surface area contributed by atoms with Crippen LogP contribution in [0.2, 0.25) is 0 Å². The molecular formula is C10H10Br2. The van der Waals surface area contributed by atoms with Gasteiger partial charge in [-0.1, -0.05) is 56.1 Å². The monoisotopic (exact) mass is 288 g/mol. The third kappa shape index (κ3) is 2.46. The molecule has 0 fully saturated rings. The first kappa shape index (κ1) is 10.0. The second kappa shape index (κ2) is 4.83. The zero-order chi connectivity index (χ0) is 8.97. The van der Waals surface area contributed by atoms with Crippen molar-refractivity contribution in [2.75, 3.05) is 5.33 Å². The van der Waals surface area contributed by atoms with Crippen molar-refractivity contribution in [3.8, 4) is 0 Å². The van der Waals surface area contributed by atoms with E-state index in [-0.39, 0.29) is 0 Å². The van der Waals surface area contributed by atoms with E-state index in [4.69, 9.17) is 0 Å². The minimum Gasteiger partial charge on any atom is -0.0883 e. The van der Waals surface area contributed by atoms with Crippen LogP contribution in [0.3, 0.4) is 0 Å². The van der Waals surface area contributed by atoms with Crippen molar-refractivity contribution < 1.29 is 0 Å². The number of allylic oxidation sites excluding steroid dienone is 2. The van der Waals surface area contributed by atoms with E-state index in [2.05, 4.69) is 57.0 Å². The number of alkyl halides is 1. The Morgan fingerprint density at radius 2 is 2.08 bits per heavy atom. The van der Waals surface area contributed by atoms with Crippen LogP contribution in [0, 0.1) is 0 Å². The van der Waals surface area contributed by atoms with Gasteiger partial charge in [0.25, 0.3) is 0 Å². The summed E-state index contributed by atoms with van der Waals surface area (Å²) in [6.07, 6.45) is 2.15. The van der Waals surface area contributed by atoms with E-state index in [1.54, 1.807) is 0 Å². The zero-order valence-electron chi connectivity index (χ0n) is 6.85. The Labute approximate surface area is 89.9 Å². The fourth-order valence-electron chi connectivity index (χ4n) is 1.01. The van der Waals surface area contributed by atoms with Crippen molar-refractivity contribution in [1.29, 1.82) is 0 Å². The van der Waals surface area contributed by atoms with Gasteiger partial charge in [0.1, 0.15) is 0 Å². The van der Waals surface area contributed by atoms with E-state index >= 15 is 0 Å². The van der Waals surface area contributed by atoms with Crippen LogP contribution in [-0.2, 0) is 0 Å². The number of halogens is 2. The molecule has 0 aliphatic heterocycles. The van der Waals surface area contributed by atoms with Gasteiger partial charge in [0.15, 0.2) is 0 Å². The van der Waals surface area contributed by atoms with Crippen LogP contribution >= 0.6 is 31.9 Å². The normalized spacial score (nSPS) is 11.8. The number of benzene rings is 1. The average molecular weight is 290 g/mol. The van der Waals surface area contributed by atoms with Crippen LogP contribution in [0.15, 0.2) is 34.8 Å². The maximum absolute atomic E-state index is 3.51. The average Bonchev–Trinajstić information content (AvgIpc) is 2.05. The van der Waals surface area contributed by atoms with Crippen LogP contribution in [0.1, 0.15) is 12.5 Å². The van der Waals surface area contributed by atoms with Gasteiger partial charge >= 0.3 is 0 Å². The quantitative estimate of drug-likeness (QED) is 0.714. The van der Waals surface area contributed by atoms with Crippen molar-refractivity contribution in [1.82, 2.24) is 0 Å². The van der Waals surface area contributed by atoms with E-state index in [1.807, 2.05) is 12.1 Å². The maximum Gasteiger partial charge on any atom is 0.0250 e. The van der Waals surface area contributed by atoms with Crippen molar-refractivity contribution >= 4 is 37.4 Å². The highest BCUT2D eigenvalue weighted by Gasteiger charge is 1.98. The zero-order valence-corrected chi connectivity index (χ0v) is 10.0. The van der Waals surface area contributed by atoms with E-state index in [1.165, 1.54) is 11.1 Å². The van der Waals surface area contributed by atoms with Gasteiger partial charge in [0.05, 0.1) is 0 Å². The molecule has 1 aromatic rings. The van der Waals surface area contributed by atoms with Gasteiger partial charge in [-0.05, 0) is 24.1 Å². The van der Waals surface area contributed by atoms with Crippen LogP contribution in [0.4, 0.5) is 0 Å². The first-order valence-corrected chi connectivity index (χ1v) is 5.64. The summed E-state index contributed by atoms with van der Waals surface area (Å²) in [6.45, 7) is 2.11. The Bertz CT molecular complexity index is 290. The molecule has 0 saturated heterocycles. The standard InChI is InChI=1S/C10H10Br2/c1-8(6-7-11)9-4-2-3-5-10(9)12/h2-6H,7H2,1H3/b8-6+. The van der Waals surface area contributed by atoms with Gasteiger partial charge in [-0.2, -0.15) is 0 Å². The predicted octanol–water partition coefficient (Wildman–Crippen LogP) is 4.25. The van der Waals surface area contributed by atoms with Crippen molar-refractivity contribution in [2.24, 2.45) is 0 Å². The molecule has 0 N–H and O–H groups in total. The van der Waals surface area contributed by atoms with Gasteiger partial charge in [0, 0.05) is 9.80 Å². The molecule has 0 radical (unpaired) electrons. The van der Waals surface area contributed by atoms with Crippen molar-refractivity contribution in [3.05, 3.63) is 40.4 Å².